The molecule has 0 aliphatic carbocycles. The van der Waals surface area contributed by atoms with Gasteiger partial charge in [-0.05, 0) is 17.7 Å². The van der Waals surface area contributed by atoms with E-state index in [0.717, 1.165) is 24.3 Å². The van der Waals surface area contributed by atoms with Crippen molar-refractivity contribution in [3.63, 3.8) is 0 Å². The van der Waals surface area contributed by atoms with Gasteiger partial charge in [0.05, 0.1) is 11.5 Å². The smallest absolute Gasteiger partial charge is 0.416 e. The highest BCUT2D eigenvalue weighted by molar-refractivity contribution is 7.80. The zero-order valence-electron chi connectivity index (χ0n) is 8.03. The molecule has 2 nitrogen and oxygen atoms in total. The number of carbonyl (C=O) groups is 1. The van der Waals surface area contributed by atoms with Crippen LogP contribution in [-0.4, -0.2) is 16.8 Å². The van der Waals surface area contributed by atoms with Crippen molar-refractivity contribution in [1.29, 1.82) is 0 Å². The van der Waals surface area contributed by atoms with Gasteiger partial charge in [-0.15, -0.1) is 0 Å². The lowest BCUT2D eigenvalue weighted by molar-refractivity contribution is -0.138. The maximum Gasteiger partial charge on any atom is 0.416 e. The summed E-state index contributed by atoms with van der Waals surface area (Å²) < 4.78 is 36.7. The summed E-state index contributed by atoms with van der Waals surface area (Å²) in [5, 5.41) is 8.78. The van der Waals surface area contributed by atoms with Crippen LogP contribution < -0.4 is 0 Å². The second kappa shape index (κ2) is 4.78. The van der Waals surface area contributed by atoms with Crippen LogP contribution in [0.4, 0.5) is 13.2 Å². The monoisotopic (exact) mass is 250 g/mol. The van der Waals surface area contributed by atoms with Crippen LogP contribution >= 0.6 is 12.6 Å². The highest BCUT2D eigenvalue weighted by Gasteiger charge is 2.30. The summed E-state index contributed by atoms with van der Waals surface area (Å²) in [5.41, 5.74) is -0.477. The lowest BCUT2D eigenvalue weighted by atomic mass is 10.00. The maximum atomic E-state index is 12.2. The molecular weight excluding hydrogens is 241 g/mol. The number of halogens is 3. The van der Waals surface area contributed by atoms with Crippen LogP contribution in [-0.2, 0) is 11.0 Å². The molecule has 1 aromatic rings. The summed E-state index contributed by atoms with van der Waals surface area (Å²) >= 11 is 3.85. The fourth-order valence-corrected chi connectivity index (χ4v) is 1.60. The predicted octanol–water partition coefficient (Wildman–Crippen LogP) is 2.80. The third-order valence-electron chi connectivity index (χ3n) is 2.12. The summed E-state index contributed by atoms with van der Waals surface area (Å²) in [6.45, 7) is 0. The predicted molar refractivity (Wildman–Crippen MR) is 55.7 cm³/mol. The molecule has 0 aliphatic heterocycles. The Morgan fingerprint density at radius 3 is 2.12 bits per heavy atom. The van der Waals surface area contributed by atoms with Crippen LogP contribution in [0.3, 0.4) is 0 Å². The number of thiol groups is 1. The van der Waals surface area contributed by atoms with E-state index in [1.54, 1.807) is 0 Å². The van der Waals surface area contributed by atoms with Gasteiger partial charge in [-0.1, -0.05) is 12.1 Å². The molecule has 1 aromatic carbocycles. The van der Waals surface area contributed by atoms with Crippen LogP contribution in [0.2, 0.25) is 0 Å². The van der Waals surface area contributed by atoms with Gasteiger partial charge in [0.25, 0.3) is 0 Å². The van der Waals surface area contributed by atoms with Crippen LogP contribution in [0, 0.1) is 0 Å². The molecule has 0 saturated carbocycles. The van der Waals surface area contributed by atoms with Crippen molar-refractivity contribution in [2.24, 2.45) is 0 Å². The molecule has 0 aromatic heterocycles. The van der Waals surface area contributed by atoms with Gasteiger partial charge >= 0.3 is 12.1 Å². The molecule has 6 heteroatoms. The summed E-state index contributed by atoms with van der Waals surface area (Å²) in [6, 6.07) is 4.07. The van der Waals surface area contributed by atoms with E-state index in [1.165, 1.54) is 0 Å². The first-order valence-electron chi connectivity index (χ1n) is 4.37. The second-order valence-corrected chi connectivity index (χ2v) is 3.56. The van der Waals surface area contributed by atoms with E-state index in [-0.39, 0.29) is 5.75 Å². The van der Waals surface area contributed by atoms with Gasteiger partial charge < -0.3 is 5.11 Å². The highest BCUT2D eigenvalue weighted by Crippen LogP contribution is 2.30. The summed E-state index contributed by atoms with van der Waals surface area (Å²) in [4.78, 5) is 10.7. The Morgan fingerprint density at radius 2 is 1.81 bits per heavy atom. The molecule has 0 saturated heterocycles. The number of alkyl halides is 3. The summed E-state index contributed by atoms with van der Waals surface area (Å²) in [6.07, 6.45) is -4.40. The lowest BCUT2D eigenvalue weighted by Gasteiger charge is -2.11. The molecule has 1 N–H and O–H groups in total. The van der Waals surface area contributed by atoms with E-state index < -0.39 is 23.6 Å². The average molecular weight is 250 g/mol. The van der Waals surface area contributed by atoms with Crippen molar-refractivity contribution in [2.45, 2.75) is 12.1 Å². The normalized spacial score (nSPS) is 13.5. The van der Waals surface area contributed by atoms with E-state index in [2.05, 4.69) is 12.6 Å². The molecule has 16 heavy (non-hydrogen) atoms. The summed E-state index contributed by atoms with van der Waals surface area (Å²) in [7, 11) is 0. The number of hydrogen-bond acceptors (Lipinski definition) is 2. The van der Waals surface area contributed by atoms with Crippen LogP contribution in [0.1, 0.15) is 17.0 Å². The van der Waals surface area contributed by atoms with Crippen molar-refractivity contribution in [3.8, 4) is 0 Å². The van der Waals surface area contributed by atoms with Gasteiger partial charge in [0, 0.05) is 5.75 Å². The molecule has 1 unspecified atom stereocenters. The quantitative estimate of drug-likeness (QED) is 0.809. The Kier molecular flexibility index (Phi) is 3.85. The fraction of sp³-hybridized carbons (Fsp3) is 0.300. The average Bonchev–Trinajstić information content (AvgIpc) is 2.17. The molecule has 0 radical (unpaired) electrons. The molecule has 0 aliphatic rings. The summed E-state index contributed by atoms with van der Waals surface area (Å²) in [5.74, 6) is -1.94. The van der Waals surface area contributed by atoms with Crippen molar-refractivity contribution in [3.05, 3.63) is 35.4 Å². The number of aliphatic carboxylic acids is 1. The van der Waals surface area contributed by atoms with Crippen molar-refractivity contribution < 1.29 is 23.1 Å². The zero-order chi connectivity index (χ0) is 12.3. The van der Waals surface area contributed by atoms with Gasteiger partial charge in [-0.25, -0.2) is 0 Å². The fourth-order valence-electron chi connectivity index (χ4n) is 1.23. The van der Waals surface area contributed by atoms with Gasteiger partial charge in [0.15, 0.2) is 0 Å². The minimum Gasteiger partial charge on any atom is -0.481 e. The SMILES string of the molecule is O=C(O)C(CS)c1ccc(C(F)(F)F)cc1. The number of rotatable bonds is 3. The van der Waals surface area contributed by atoms with Gasteiger partial charge in [0.1, 0.15) is 0 Å². The van der Waals surface area contributed by atoms with E-state index in [1.807, 2.05) is 0 Å². The molecular formula is C10H9F3O2S. The Balaban J connectivity index is 2.98. The first-order chi connectivity index (χ1) is 7.36. The largest absolute Gasteiger partial charge is 0.481 e. The minimum absolute atomic E-state index is 0.0424. The molecule has 0 fully saturated rings. The van der Waals surface area contributed by atoms with Crippen molar-refractivity contribution in [2.75, 3.05) is 5.75 Å². The molecule has 1 rings (SSSR count). The lowest BCUT2D eigenvalue weighted by Crippen LogP contribution is -2.13. The Hall–Kier alpha value is -1.17. The van der Waals surface area contributed by atoms with E-state index in [0.29, 0.717) is 5.56 Å². The molecule has 0 bridgehead atoms. The number of benzene rings is 1. The van der Waals surface area contributed by atoms with Gasteiger partial charge in [0.2, 0.25) is 0 Å². The molecule has 0 spiro atoms. The Bertz CT molecular complexity index is 373. The molecule has 0 amide bonds. The number of carboxylic acid groups (broad SMARTS) is 1. The molecule has 88 valence electrons. The Labute approximate surface area is 95.5 Å². The second-order valence-electron chi connectivity index (χ2n) is 3.19. The third-order valence-corrected chi connectivity index (χ3v) is 2.49. The minimum atomic E-state index is -4.40. The third kappa shape index (κ3) is 2.91. The van der Waals surface area contributed by atoms with E-state index in [9.17, 15) is 18.0 Å². The van der Waals surface area contributed by atoms with Gasteiger partial charge in [-0.2, -0.15) is 25.8 Å². The van der Waals surface area contributed by atoms with E-state index >= 15 is 0 Å². The van der Waals surface area contributed by atoms with Crippen LogP contribution in [0.25, 0.3) is 0 Å². The standard InChI is InChI=1S/C10H9F3O2S/c11-10(12,13)7-3-1-6(2-4-7)8(5-16)9(14)15/h1-4,8,16H,5H2,(H,14,15). The number of carboxylic acids is 1. The topological polar surface area (TPSA) is 37.3 Å². The van der Waals surface area contributed by atoms with Gasteiger partial charge in [-0.3, -0.25) is 4.79 Å². The molecule has 0 heterocycles. The highest BCUT2D eigenvalue weighted by atomic mass is 32.1. The van der Waals surface area contributed by atoms with Crippen LogP contribution in [0.5, 0.6) is 0 Å². The first-order valence-corrected chi connectivity index (χ1v) is 5.00. The Morgan fingerprint density at radius 1 is 1.31 bits per heavy atom. The van der Waals surface area contributed by atoms with Crippen molar-refractivity contribution >= 4 is 18.6 Å². The van der Waals surface area contributed by atoms with Crippen LogP contribution in [0.15, 0.2) is 24.3 Å². The number of hydrogen-bond donors (Lipinski definition) is 2. The van der Waals surface area contributed by atoms with E-state index in [4.69, 9.17) is 5.11 Å². The maximum absolute atomic E-state index is 12.2. The first kappa shape index (κ1) is 12.9. The van der Waals surface area contributed by atoms with Crippen molar-refractivity contribution in [1.82, 2.24) is 0 Å². The molecule has 1 atom stereocenters. The zero-order valence-corrected chi connectivity index (χ0v) is 8.92.